The standard InChI is InChI=1S/C14H5Cl2F8N5/c15-5-1-4(13(19,20)21)3-26-11(5)29-10(25)8-6(28-29)2-7(12(16,17)18)27-9(8)14(22,23)24/h1-3H,25H2. The first-order valence-electron chi connectivity index (χ1n) is 7.17. The van der Waals surface area contributed by atoms with Crippen molar-refractivity contribution in [2.24, 2.45) is 0 Å². The lowest BCUT2D eigenvalue weighted by Crippen LogP contribution is -2.15. The quantitative estimate of drug-likeness (QED) is 0.407. The molecule has 0 fully saturated rings. The predicted octanol–water partition coefficient (Wildman–Crippen LogP) is 5.38. The van der Waals surface area contributed by atoms with Crippen LogP contribution in [0.15, 0.2) is 18.3 Å². The normalized spacial score (nSPS) is 13.3. The third-order valence-electron chi connectivity index (χ3n) is 3.60. The van der Waals surface area contributed by atoms with Gasteiger partial charge in [0.15, 0.2) is 11.5 Å². The maximum absolute atomic E-state index is 13.3. The Hall–Kier alpha value is -2.41. The van der Waals surface area contributed by atoms with E-state index in [2.05, 4.69) is 15.1 Å². The third kappa shape index (κ3) is 3.88. The van der Waals surface area contributed by atoms with Crippen LogP contribution in [0.5, 0.6) is 0 Å². The zero-order chi connectivity index (χ0) is 21.9. The van der Waals surface area contributed by atoms with Gasteiger partial charge >= 0.3 is 17.7 Å². The summed E-state index contributed by atoms with van der Waals surface area (Å²) in [4.78, 5) is 6.26. The summed E-state index contributed by atoms with van der Waals surface area (Å²) in [5.41, 5.74) is 0.453. The minimum atomic E-state index is -5.23. The van der Waals surface area contributed by atoms with Crippen LogP contribution in [0, 0.1) is 0 Å². The number of nitrogens with zero attached hydrogens (tertiary/aromatic N) is 4. The molecule has 0 saturated carbocycles. The molecule has 0 bridgehead atoms. The highest BCUT2D eigenvalue weighted by Gasteiger charge is 2.41. The summed E-state index contributed by atoms with van der Waals surface area (Å²) in [5, 5.41) is -2.16. The van der Waals surface area contributed by atoms with Crippen LogP contribution in [0.25, 0.3) is 16.7 Å². The molecule has 15 heteroatoms. The molecule has 0 aliphatic carbocycles. The smallest absolute Gasteiger partial charge is 0.383 e. The minimum absolute atomic E-state index is 0.355. The van der Waals surface area contributed by atoms with Gasteiger partial charge in [0.2, 0.25) is 0 Å². The van der Waals surface area contributed by atoms with Gasteiger partial charge in [0.1, 0.15) is 11.5 Å². The van der Waals surface area contributed by atoms with Gasteiger partial charge in [-0.05, 0) is 23.7 Å². The molecule has 0 atom stereocenters. The second-order valence-electron chi connectivity index (χ2n) is 5.57. The Labute approximate surface area is 165 Å². The molecule has 0 aliphatic heterocycles. The largest absolute Gasteiger partial charge is 0.434 e. The summed E-state index contributed by atoms with van der Waals surface area (Å²) in [6.45, 7) is 0. The van der Waals surface area contributed by atoms with Crippen LogP contribution in [-0.4, -0.2) is 19.7 Å². The topological polar surface area (TPSA) is 69.6 Å². The summed E-state index contributed by atoms with van der Waals surface area (Å²) in [5.74, 6) is -1.33. The second kappa shape index (κ2) is 6.55. The van der Waals surface area contributed by atoms with Crippen molar-refractivity contribution in [2.45, 2.75) is 17.7 Å². The molecule has 0 aromatic carbocycles. The maximum Gasteiger partial charge on any atom is 0.434 e. The summed E-state index contributed by atoms with van der Waals surface area (Å²) in [6, 6.07) is 0.916. The molecule has 0 spiro atoms. The van der Waals surface area contributed by atoms with E-state index in [9.17, 15) is 35.1 Å². The Balaban J connectivity index is 2.31. The number of hydrogen-bond acceptors (Lipinski definition) is 4. The van der Waals surface area contributed by atoms with E-state index < -0.39 is 62.2 Å². The summed E-state index contributed by atoms with van der Waals surface area (Å²) < 4.78 is 105. The number of nitrogens with two attached hydrogens (primary N) is 1. The molecule has 0 radical (unpaired) electrons. The average Bonchev–Trinajstić information content (AvgIpc) is 2.88. The van der Waals surface area contributed by atoms with Gasteiger partial charge in [-0.2, -0.15) is 44.9 Å². The molecule has 0 unspecified atom stereocenters. The summed E-state index contributed by atoms with van der Waals surface area (Å²) >= 11 is 10.5. The molecule has 0 aliphatic rings. The number of nitrogen functional groups attached to an aromatic ring is 1. The molecule has 29 heavy (non-hydrogen) atoms. The molecule has 2 N–H and O–H groups in total. The van der Waals surface area contributed by atoms with Crippen LogP contribution in [0.1, 0.15) is 17.0 Å². The molecule has 5 nitrogen and oxygen atoms in total. The highest BCUT2D eigenvalue weighted by atomic mass is 35.5. The first-order chi connectivity index (χ1) is 13.1. The van der Waals surface area contributed by atoms with E-state index in [0.717, 1.165) is 0 Å². The van der Waals surface area contributed by atoms with Crippen LogP contribution < -0.4 is 5.73 Å². The molecule has 3 aromatic heterocycles. The molecule has 156 valence electrons. The van der Waals surface area contributed by atoms with Crippen molar-refractivity contribution in [1.82, 2.24) is 19.7 Å². The second-order valence-corrected chi connectivity index (χ2v) is 6.45. The van der Waals surface area contributed by atoms with Gasteiger partial charge in [0.05, 0.1) is 21.5 Å². The molecule has 0 amide bonds. The molecule has 3 heterocycles. The fourth-order valence-electron chi connectivity index (χ4n) is 2.38. The lowest BCUT2D eigenvalue weighted by Gasteiger charge is -2.12. The van der Waals surface area contributed by atoms with Gasteiger partial charge in [-0.15, -0.1) is 0 Å². The van der Waals surface area contributed by atoms with E-state index >= 15 is 0 Å². The molecule has 3 rings (SSSR count). The van der Waals surface area contributed by atoms with E-state index in [1.807, 2.05) is 0 Å². The molecular weight excluding hydrogens is 461 g/mol. The Morgan fingerprint density at radius 2 is 1.59 bits per heavy atom. The predicted molar refractivity (Wildman–Crippen MR) is 85.8 cm³/mol. The van der Waals surface area contributed by atoms with E-state index in [1.165, 1.54) is 0 Å². The number of pyridine rings is 2. The van der Waals surface area contributed by atoms with Crippen molar-refractivity contribution >= 4 is 39.9 Å². The fraction of sp³-hybridized carbons (Fsp3) is 0.214. The highest BCUT2D eigenvalue weighted by molar-refractivity contribution is 6.32. The zero-order valence-corrected chi connectivity index (χ0v) is 14.9. The monoisotopic (exact) mass is 465 g/mol. The van der Waals surface area contributed by atoms with Crippen molar-refractivity contribution in [3.05, 3.63) is 40.3 Å². The van der Waals surface area contributed by atoms with Gasteiger partial charge < -0.3 is 5.73 Å². The number of aromatic nitrogens is 4. The van der Waals surface area contributed by atoms with Gasteiger partial charge in [-0.3, -0.25) is 0 Å². The fourth-order valence-corrected chi connectivity index (χ4v) is 2.73. The van der Waals surface area contributed by atoms with E-state index in [1.54, 1.807) is 0 Å². The van der Waals surface area contributed by atoms with Crippen LogP contribution in [-0.2, 0) is 17.7 Å². The van der Waals surface area contributed by atoms with Crippen molar-refractivity contribution in [3.8, 4) is 5.82 Å². The summed E-state index contributed by atoms with van der Waals surface area (Å²) in [6.07, 6.45) is -9.66. The Morgan fingerprint density at radius 3 is 2.07 bits per heavy atom. The molecule has 0 saturated heterocycles. The van der Waals surface area contributed by atoms with E-state index in [-0.39, 0.29) is 0 Å². The molecular formula is C14H5Cl2F8N5. The first kappa shape index (κ1) is 21.3. The number of anilines is 1. The van der Waals surface area contributed by atoms with Gasteiger partial charge in [0.25, 0.3) is 0 Å². The van der Waals surface area contributed by atoms with Crippen molar-refractivity contribution in [1.29, 1.82) is 0 Å². The number of halogens is 10. The lowest BCUT2D eigenvalue weighted by molar-refractivity contribution is -0.140. The SMILES string of the molecule is Nc1c2c(C(F)(F)F)nc(C(F)(F)Cl)cc2nn1-c1ncc(C(F)(F)F)cc1Cl. The number of rotatable bonds is 2. The number of fused-ring (bicyclic) bond motifs is 1. The lowest BCUT2D eigenvalue weighted by atomic mass is 10.2. The van der Waals surface area contributed by atoms with E-state index in [0.29, 0.717) is 23.0 Å². The van der Waals surface area contributed by atoms with Gasteiger partial charge in [-0.1, -0.05) is 11.6 Å². The molecule has 3 aromatic rings. The average molecular weight is 466 g/mol. The van der Waals surface area contributed by atoms with E-state index in [4.69, 9.17) is 28.9 Å². The first-order valence-corrected chi connectivity index (χ1v) is 7.93. The van der Waals surface area contributed by atoms with Crippen LogP contribution in [0.2, 0.25) is 5.02 Å². The Bertz CT molecular complexity index is 1100. The van der Waals surface area contributed by atoms with Gasteiger partial charge in [-0.25, -0.2) is 9.97 Å². The van der Waals surface area contributed by atoms with Crippen molar-refractivity contribution in [2.75, 3.05) is 5.73 Å². The Kier molecular flexibility index (Phi) is 4.81. The van der Waals surface area contributed by atoms with Crippen LogP contribution in [0.4, 0.5) is 40.9 Å². The van der Waals surface area contributed by atoms with Crippen molar-refractivity contribution in [3.63, 3.8) is 0 Å². The number of hydrogen-bond donors (Lipinski definition) is 1. The minimum Gasteiger partial charge on any atom is -0.383 e. The maximum atomic E-state index is 13.3. The van der Waals surface area contributed by atoms with Gasteiger partial charge in [0, 0.05) is 6.20 Å². The Morgan fingerprint density at radius 1 is 0.966 bits per heavy atom. The van der Waals surface area contributed by atoms with Crippen molar-refractivity contribution < 1.29 is 35.1 Å². The highest BCUT2D eigenvalue weighted by Crippen LogP contribution is 2.41. The van der Waals surface area contributed by atoms with Crippen LogP contribution in [0.3, 0.4) is 0 Å². The third-order valence-corrected chi connectivity index (χ3v) is 4.07. The summed E-state index contributed by atoms with van der Waals surface area (Å²) in [7, 11) is 0. The number of alkyl halides is 9. The van der Waals surface area contributed by atoms with Crippen LogP contribution >= 0.6 is 23.2 Å². The zero-order valence-electron chi connectivity index (χ0n) is 13.4.